The topological polar surface area (TPSA) is 97.1 Å². The van der Waals surface area contributed by atoms with Crippen LogP contribution in [0.5, 0.6) is 0 Å². The molecule has 1 aromatic carbocycles. The summed E-state index contributed by atoms with van der Waals surface area (Å²) in [5, 5.41) is 6.16. The molecule has 6 heteroatoms. The van der Waals surface area contributed by atoms with Crippen LogP contribution in [0.1, 0.15) is 13.8 Å². The minimum atomic E-state index is -0.616. The molecule has 0 aliphatic carbocycles. The molecule has 0 saturated heterocycles. The predicted octanol–water partition coefficient (Wildman–Crippen LogP) is 1.27. The largest absolute Gasteiger partial charge is 0.346 e. The Hall–Kier alpha value is -2.47. The van der Waals surface area contributed by atoms with Gasteiger partial charge in [0.2, 0.25) is 11.8 Å². The van der Waals surface area contributed by atoms with Crippen molar-refractivity contribution in [2.45, 2.75) is 19.9 Å². The molecule has 0 saturated carbocycles. The number of benzene rings is 1. The summed E-state index contributed by atoms with van der Waals surface area (Å²) in [5.41, 5.74) is 7.15. The van der Waals surface area contributed by atoms with Crippen LogP contribution >= 0.6 is 0 Å². The lowest BCUT2D eigenvalue weighted by Crippen LogP contribution is -2.46. The Kier molecular flexibility index (Phi) is 5.06. The Balaban J connectivity index is 1.92. The third-order valence-corrected chi connectivity index (χ3v) is 3.32. The molecule has 6 nitrogen and oxygen atoms in total. The van der Waals surface area contributed by atoms with Crippen molar-refractivity contribution >= 4 is 28.4 Å². The minimum absolute atomic E-state index is 0.0211. The molecule has 0 aliphatic heterocycles. The molecule has 0 aliphatic rings. The summed E-state index contributed by atoms with van der Waals surface area (Å²) >= 11 is 0. The van der Waals surface area contributed by atoms with E-state index in [1.165, 1.54) is 0 Å². The number of nitrogens with two attached hydrogens (primary N) is 1. The van der Waals surface area contributed by atoms with E-state index in [0.717, 1.165) is 10.9 Å². The summed E-state index contributed by atoms with van der Waals surface area (Å²) in [6.45, 7) is 3.59. The third kappa shape index (κ3) is 4.02. The number of fused-ring (bicyclic) bond motifs is 1. The first-order valence-electron chi connectivity index (χ1n) is 7.15. The molecule has 2 aromatic rings. The van der Waals surface area contributed by atoms with Gasteiger partial charge in [0.25, 0.3) is 0 Å². The highest BCUT2D eigenvalue weighted by atomic mass is 16.2. The fourth-order valence-corrected chi connectivity index (χ4v) is 1.93. The van der Waals surface area contributed by atoms with Gasteiger partial charge in [0.15, 0.2) is 0 Å². The van der Waals surface area contributed by atoms with Gasteiger partial charge in [-0.1, -0.05) is 32.0 Å². The van der Waals surface area contributed by atoms with E-state index in [1.54, 1.807) is 6.20 Å². The zero-order valence-electron chi connectivity index (χ0n) is 12.7. The van der Waals surface area contributed by atoms with E-state index >= 15 is 0 Å². The molecule has 116 valence electrons. The second-order valence-electron chi connectivity index (χ2n) is 5.45. The third-order valence-electron chi connectivity index (χ3n) is 3.32. The molecule has 0 spiro atoms. The number of rotatable bonds is 5. The molecule has 1 heterocycles. The number of nitrogens with one attached hydrogen (secondary N) is 2. The summed E-state index contributed by atoms with van der Waals surface area (Å²) in [6.07, 6.45) is 1.59. The molecular weight excluding hydrogens is 280 g/mol. The number of nitrogens with zero attached hydrogens (tertiary/aromatic N) is 1. The summed E-state index contributed by atoms with van der Waals surface area (Å²) in [5.74, 6) is -0.629. The molecule has 1 aromatic heterocycles. The quantitative estimate of drug-likeness (QED) is 0.774. The highest BCUT2D eigenvalue weighted by Gasteiger charge is 2.17. The number of amides is 2. The van der Waals surface area contributed by atoms with Crippen LogP contribution in [0.15, 0.2) is 36.5 Å². The maximum absolute atomic E-state index is 11.9. The summed E-state index contributed by atoms with van der Waals surface area (Å²) < 4.78 is 0. The fourth-order valence-electron chi connectivity index (χ4n) is 1.93. The van der Waals surface area contributed by atoms with Crippen molar-refractivity contribution in [1.29, 1.82) is 0 Å². The Bertz CT molecular complexity index is 685. The van der Waals surface area contributed by atoms with Crippen LogP contribution in [0.3, 0.4) is 0 Å². The number of hydrogen-bond donors (Lipinski definition) is 3. The van der Waals surface area contributed by atoms with E-state index < -0.39 is 6.04 Å². The van der Waals surface area contributed by atoms with E-state index in [-0.39, 0.29) is 24.3 Å². The molecule has 22 heavy (non-hydrogen) atoms. The fraction of sp³-hybridized carbons (Fsp3) is 0.312. The number of aromatic nitrogens is 1. The van der Waals surface area contributed by atoms with Crippen molar-refractivity contribution in [2.75, 3.05) is 11.9 Å². The smallest absolute Gasteiger partial charge is 0.243 e. The molecule has 4 N–H and O–H groups in total. The SMILES string of the molecule is CC(C)[C@H](N)C(=O)NCC(=O)Nc1cnc2ccccc2c1. The summed E-state index contributed by atoms with van der Waals surface area (Å²) in [6, 6.07) is 8.84. The first kappa shape index (κ1) is 15.9. The van der Waals surface area contributed by atoms with Gasteiger partial charge in [0, 0.05) is 5.39 Å². The number of carbonyl (C=O) groups excluding carboxylic acids is 2. The number of para-hydroxylation sites is 1. The van der Waals surface area contributed by atoms with Crippen molar-refractivity contribution in [3.05, 3.63) is 36.5 Å². The minimum Gasteiger partial charge on any atom is -0.346 e. The number of hydrogen-bond acceptors (Lipinski definition) is 4. The highest BCUT2D eigenvalue weighted by Crippen LogP contribution is 2.15. The molecule has 2 rings (SSSR count). The first-order valence-corrected chi connectivity index (χ1v) is 7.15. The number of carbonyl (C=O) groups is 2. The van der Waals surface area contributed by atoms with Crippen LogP contribution in [0.2, 0.25) is 0 Å². The molecule has 0 unspecified atom stereocenters. The monoisotopic (exact) mass is 300 g/mol. The van der Waals surface area contributed by atoms with Crippen LogP contribution in [-0.2, 0) is 9.59 Å². The average molecular weight is 300 g/mol. The summed E-state index contributed by atoms with van der Waals surface area (Å²) in [4.78, 5) is 27.8. The maximum Gasteiger partial charge on any atom is 0.243 e. The Morgan fingerprint density at radius 1 is 1.27 bits per heavy atom. The lowest BCUT2D eigenvalue weighted by Gasteiger charge is -2.15. The van der Waals surface area contributed by atoms with Crippen molar-refractivity contribution in [3.63, 3.8) is 0 Å². The standard InChI is InChI=1S/C16H20N4O2/c1-10(2)15(17)16(22)19-9-14(21)20-12-7-11-5-3-4-6-13(11)18-8-12/h3-8,10,15H,9,17H2,1-2H3,(H,19,22)(H,20,21)/t15-/m0/s1. The zero-order valence-corrected chi connectivity index (χ0v) is 12.7. The Morgan fingerprint density at radius 2 is 2.00 bits per heavy atom. The Labute approximate surface area is 129 Å². The van der Waals surface area contributed by atoms with Gasteiger partial charge in [0.05, 0.1) is 30.0 Å². The van der Waals surface area contributed by atoms with E-state index in [1.807, 2.05) is 44.2 Å². The zero-order chi connectivity index (χ0) is 16.1. The second kappa shape index (κ2) is 7.00. The van der Waals surface area contributed by atoms with Crippen LogP contribution in [-0.4, -0.2) is 29.4 Å². The molecule has 1 atom stereocenters. The van der Waals surface area contributed by atoms with Crippen molar-refractivity contribution in [1.82, 2.24) is 10.3 Å². The number of anilines is 1. The molecule has 0 bridgehead atoms. The molecule has 0 fully saturated rings. The molecule has 2 amide bonds. The van der Waals surface area contributed by atoms with Gasteiger partial charge in [-0.3, -0.25) is 14.6 Å². The molecule has 0 radical (unpaired) electrons. The first-order chi connectivity index (χ1) is 10.5. The van der Waals surface area contributed by atoms with E-state index in [9.17, 15) is 9.59 Å². The summed E-state index contributed by atoms with van der Waals surface area (Å²) in [7, 11) is 0. The van der Waals surface area contributed by atoms with Gasteiger partial charge >= 0.3 is 0 Å². The van der Waals surface area contributed by atoms with Gasteiger partial charge in [-0.15, -0.1) is 0 Å². The predicted molar refractivity (Wildman–Crippen MR) is 86.2 cm³/mol. The second-order valence-corrected chi connectivity index (χ2v) is 5.45. The van der Waals surface area contributed by atoms with E-state index in [2.05, 4.69) is 15.6 Å². The highest BCUT2D eigenvalue weighted by molar-refractivity contribution is 5.96. The van der Waals surface area contributed by atoms with Gasteiger partial charge in [-0.25, -0.2) is 0 Å². The van der Waals surface area contributed by atoms with Gasteiger partial charge in [0.1, 0.15) is 0 Å². The van der Waals surface area contributed by atoms with E-state index in [0.29, 0.717) is 5.69 Å². The van der Waals surface area contributed by atoms with Gasteiger partial charge in [-0.05, 0) is 18.1 Å². The van der Waals surface area contributed by atoms with Crippen LogP contribution in [0, 0.1) is 5.92 Å². The lowest BCUT2D eigenvalue weighted by atomic mass is 10.1. The van der Waals surface area contributed by atoms with Crippen molar-refractivity contribution < 1.29 is 9.59 Å². The van der Waals surface area contributed by atoms with Gasteiger partial charge < -0.3 is 16.4 Å². The lowest BCUT2D eigenvalue weighted by molar-refractivity contribution is -0.125. The van der Waals surface area contributed by atoms with Crippen LogP contribution < -0.4 is 16.4 Å². The van der Waals surface area contributed by atoms with Gasteiger partial charge in [-0.2, -0.15) is 0 Å². The average Bonchev–Trinajstić information content (AvgIpc) is 2.51. The van der Waals surface area contributed by atoms with Crippen LogP contribution in [0.25, 0.3) is 10.9 Å². The van der Waals surface area contributed by atoms with Crippen molar-refractivity contribution in [2.24, 2.45) is 11.7 Å². The van der Waals surface area contributed by atoms with E-state index in [4.69, 9.17) is 5.73 Å². The van der Waals surface area contributed by atoms with Crippen molar-refractivity contribution in [3.8, 4) is 0 Å². The normalized spacial score (nSPS) is 12.2. The van der Waals surface area contributed by atoms with Crippen LogP contribution in [0.4, 0.5) is 5.69 Å². The maximum atomic E-state index is 11.9. The number of pyridine rings is 1. The Morgan fingerprint density at radius 3 is 2.73 bits per heavy atom. The molecular formula is C16H20N4O2.